The van der Waals surface area contributed by atoms with E-state index >= 15 is 0 Å². The number of carbonyl (C=O) groups is 1. The van der Waals surface area contributed by atoms with Crippen LogP contribution < -0.4 is 5.32 Å². The molecule has 8 heteroatoms. The summed E-state index contributed by atoms with van der Waals surface area (Å²) in [5.41, 5.74) is 3.88. The predicted octanol–water partition coefficient (Wildman–Crippen LogP) is 4.28. The second-order valence-corrected chi connectivity index (χ2v) is 6.88. The highest BCUT2D eigenvalue weighted by molar-refractivity contribution is 9.10. The first-order valence-corrected chi connectivity index (χ1v) is 8.84. The van der Waals surface area contributed by atoms with Crippen LogP contribution >= 0.6 is 15.9 Å². The fourth-order valence-electron chi connectivity index (χ4n) is 2.62. The Balaban J connectivity index is 1.67. The molecular weight excluding hydrogens is 413 g/mol. The highest BCUT2D eigenvalue weighted by Crippen LogP contribution is 2.23. The molecule has 0 aliphatic heterocycles. The number of halogens is 2. The van der Waals surface area contributed by atoms with Gasteiger partial charge in [-0.2, -0.15) is 4.80 Å². The average Bonchev–Trinajstić information content (AvgIpc) is 3.05. The number of amides is 1. The molecule has 134 valence electrons. The maximum atomic E-state index is 13.1. The zero-order chi connectivity index (χ0) is 19.0. The highest BCUT2D eigenvalue weighted by atomic mass is 79.9. The van der Waals surface area contributed by atoms with Crippen molar-refractivity contribution in [1.82, 2.24) is 20.0 Å². The molecule has 0 bridgehead atoms. The molecule has 1 N–H and O–H groups in total. The van der Waals surface area contributed by atoms with Crippen molar-refractivity contribution in [3.05, 3.63) is 76.3 Å². The number of carbonyl (C=O) groups excluding carboxylic acids is 1. The van der Waals surface area contributed by atoms with E-state index in [-0.39, 0.29) is 11.7 Å². The molecule has 0 aliphatic rings. The van der Waals surface area contributed by atoms with E-state index in [2.05, 4.69) is 36.4 Å². The van der Waals surface area contributed by atoms with Gasteiger partial charge in [-0.15, -0.1) is 10.2 Å². The standard InChI is InChI=1S/C19H13BrFN5O/c1-11-6-17-18(25-26(24-17)15-4-2-14(21)3-5-15)8-16(11)23-19(27)12-7-13(20)10-22-9-12/h2-10H,1H3,(H,23,27). The van der Waals surface area contributed by atoms with Gasteiger partial charge in [-0.05, 0) is 70.9 Å². The van der Waals surface area contributed by atoms with Crippen LogP contribution in [0.3, 0.4) is 0 Å². The number of nitrogens with one attached hydrogen (secondary N) is 1. The van der Waals surface area contributed by atoms with E-state index in [1.807, 2.05) is 13.0 Å². The van der Waals surface area contributed by atoms with E-state index in [0.29, 0.717) is 28.0 Å². The lowest BCUT2D eigenvalue weighted by molar-refractivity contribution is 0.102. The van der Waals surface area contributed by atoms with Crippen LogP contribution in [0.1, 0.15) is 15.9 Å². The van der Waals surface area contributed by atoms with Crippen molar-refractivity contribution in [3.8, 4) is 5.69 Å². The van der Waals surface area contributed by atoms with Gasteiger partial charge in [0.15, 0.2) is 0 Å². The van der Waals surface area contributed by atoms with Crippen molar-refractivity contribution < 1.29 is 9.18 Å². The van der Waals surface area contributed by atoms with Crippen LogP contribution in [-0.4, -0.2) is 25.9 Å². The van der Waals surface area contributed by atoms with E-state index in [1.165, 1.54) is 23.1 Å². The van der Waals surface area contributed by atoms with Crippen molar-refractivity contribution in [2.45, 2.75) is 6.92 Å². The Morgan fingerprint density at radius 3 is 2.48 bits per heavy atom. The lowest BCUT2D eigenvalue weighted by atomic mass is 10.1. The molecule has 27 heavy (non-hydrogen) atoms. The minimum absolute atomic E-state index is 0.267. The van der Waals surface area contributed by atoms with E-state index < -0.39 is 0 Å². The normalized spacial score (nSPS) is 10.9. The highest BCUT2D eigenvalue weighted by Gasteiger charge is 2.12. The van der Waals surface area contributed by atoms with Crippen molar-refractivity contribution in [2.75, 3.05) is 5.32 Å². The van der Waals surface area contributed by atoms with E-state index in [0.717, 1.165) is 10.0 Å². The third-order valence-electron chi connectivity index (χ3n) is 4.00. The summed E-state index contributed by atoms with van der Waals surface area (Å²) >= 11 is 3.31. The summed E-state index contributed by atoms with van der Waals surface area (Å²) in [6.45, 7) is 1.88. The number of benzene rings is 2. The molecule has 2 heterocycles. The van der Waals surface area contributed by atoms with Gasteiger partial charge in [-0.25, -0.2) is 4.39 Å². The van der Waals surface area contributed by atoms with Gasteiger partial charge in [-0.3, -0.25) is 9.78 Å². The molecule has 0 saturated heterocycles. The maximum absolute atomic E-state index is 13.1. The van der Waals surface area contributed by atoms with Gasteiger partial charge in [-0.1, -0.05) is 0 Å². The fraction of sp³-hybridized carbons (Fsp3) is 0.0526. The van der Waals surface area contributed by atoms with Gasteiger partial charge >= 0.3 is 0 Å². The van der Waals surface area contributed by atoms with Crippen LogP contribution in [-0.2, 0) is 0 Å². The van der Waals surface area contributed by atoms with Gasteiger partial charge in [0, 0.05) is 22.6 Å². The number of aromatic nitrogens is 4. The van der Waals surface area contributed by atoms with Gasteiger partial charge in [0.25, 0.3) is 5.91 Å². The molecule has 0 aliphatic carbocycles. The number of rotatable bonds is 3. The van der Waals surface area contributed by atoms with Gasteiger partial charge < -0.3 is 5.32 Å². The number of aryl methyl sites for hydroxylation is 1. The molecule has 0 atom stereocenters. The SMILES string of the molecule is Cc1cc2nn(-c3ccc(F)cc3)nc2cc1NC(=O)c1cncc(Br)c1. The van der Waals surface area contributed by atoms with E-state index in [1.54, 1.807) is 30.5 Å². The van der Waals surface area contributed by atoms with E-state index in [9.17, 15) is 9.18 Å². The average molecular weight is 426 g/mol. The summed E-state index contributed by atoms with van der Waals surface area (Å²) < 4.78 is 13.8. The number of hydrogen-bond donors (Lipinski definition) is 1. The summed E-state index contributed by atoms with van der Waals surface area (Å²) in [6.07, 6.45) is 3.11. The molecule has 0 unspecified atom stereocenters. The Kier molecular flexibility index (Phi) is 4.41. The summed E-state index contributed by atoms with van der Waals surface area (Å²) in [6, 6.07) is 11.2. The van der Waals surface area contributed by atoms with Crippen LogP contribution in [0.2, 0.25) is 0 Å². The Morgan fingerprint density at radius 2 is 1.78 bits per heavy atom. The number of anilines is 1. The summed E-state index contributed by atoms with van der Waals surface area (Å²) in [4.78, 5) is 17.9. The molecule has 0 saturated carbocycles. The van der Waals surface area contributed by atoms with Crippen molar-refractivity contribution >= 4 is 38.6 Å². The zero-order valence-electron chi connectivity index (χ0n) is 14.1. The topological polar surface area (TPSA) is 72.7 Å². The number of pyridine rings is 1. The smallest absolute Gasteiger partial charge is 0.257 e. The van der Waals surface area contributed by atoms with Crippen molar-refractivity contribution in [3.63, 3.8) is 0 Å². The fourth-order valence-corrected chi connectivity index (χ4v) is 2.99. The van der Waals surface area contributed by atoms with Crippen LogP contribution in [0.4, 0.5) is 10.1 Å². The molecule has 4 rings (SSSR count). The molecule has 0 fully saturated rings. The molecule has 2 aromatic heterocycles. The molecule has 1 amide bonds. The summed E-state index contributed by atoms with van der Waals surface area (Å²) in [5, 5.41) is 11.7. The Morgan fingerprint density at radius 1 is 1.07 bits per heavy atom. The largest absolute Gasteiger partial charge is 0.322 e. The maximum Gasteiger partial charge on any atom is 0.257 e. The minimum atomic E-state index is -0.321. The first kappa shape index (κ1) is 17.3. The van der Waals surface area contributed by atoms with Crippen LogP contribution in [0.25, 0.3) is 16.7 Å². The number of hydrogen-bond acceptors (Lipinski definition) is 4. The summed E-state index contributed by atoms with van der Waals surface area (Å²) in [5.74, 6) is -0.587. The molecule has 2 aromatic carbocycles. The summed E-state index contributed by atoms with van der Waals surface area (Å²) in [7, 11) is 0. The van der Waals surface area contributed by atoms with Crippen LogP contribution in [0.15, 0.2) is 59.3 Å². The van der Waals surface area contributed by atoms with Crippen molar-refractivity contribution in [2.24, 2.45) is 0 Å². The second-order valence-electron chi connectivity index (χ2n) is 5.97. The predicted molar refractivity (Wildman–Crippen MR) is 103 cm³/mol. The van der Waals surface area contributed by atoms with E-state index in [4.69, 9.17) is 0 Å². The Bertz CT molecular complexity index is 1160. The first-order valence-electron chi connectivity index (χ1n) is 8.05. The number of fused-ring (bicyclic) bond motifs is 1. The quantitative estimate of drug-likeness (QED) is 0.531. The third kappa shape index (κ3) is 3.56. The first-order chi connectivity index (χ1) is 13.0. The molecule has 0 spiro atoms. The van der Waals surface area contributed by atoms with Crippen LogP contribution in [0, 0.1) is 12.7 Å². The lowest BCUT2D eigenvalue weighted by Crippen LogP contribution is -2.13. The second kappa shape index (κ2) is 6.88. The third-order valence-corrected chi connectivity index (χ3v) is 4.43. The monoisotopic (exact) mass is 425 g/mol. The molecule has 4 aromatic rings. The van der Waals surface area contributed by atoms with Crippen LogP contribution in [0.5, 0.6) is 0 Å². The van der Waals surface area contributed by atoms with Crippen molar-refractivity contribution in [1.29, 1.82) is 0 Å². The molecular formula is C19H13BrFN5O. The van der Waals surface area contributed by atoms with Gasteiger partial charge in [0.1, 0.15) is 16.9 Å². The van der Waals surface area contributed by atoms with Gasteiger partial charge in [0.05, 0.1) is 11.3 Å². The van der Waals surface area contributed by atoms with Gasteiger partial charge in [0.2, 0.25) is 0 Å². The zero-order valence-corrected chi connectivity index (χ0v) is 15.7. The molecule has 6 nitrogen and oxygen atoms in total. The Hall–Kier alpha value is -3.13. The molecule has 0 radical (unpaired) electrons. The number of nitrogens with zero attached hydrogens (tertiary/aromatic N) is 4. The Labute approximate surface area is 162 Å². The lowest BCUT2D eigenvalue weighted by Gasteiger charge is -2.08. The minimum Gasteiger partial charge on any atom is -0.322 e.